The molecular weight excluding hydrogens is 411 g/mol. The second kappa shape index (κ2) is 10.5. The lowest BCUT2D eigenvalue weighted by Crippen LogP contribution is -2.49. The van der Waals surface area contributed by atoms with Crippen LogP contribution in [0.2, 0.25) is 10.0 Å². The molecule has 0 aliphatic rings. The first-order valence-corrected chi connectivity index (χ1v) is 10.1. The highest BCUT2D eigenvalue weighted by Gasteiger charge is 2.27. The van der Waals surface area contributed by atoms with Gasteiger partial charge in [0.25, 0.3) is 0 Å². The van der Waals surface area contributed by atoms with Crippen LogP contribution in [0.1, 0.15) is 31.9 Å². The molecule has 0 unspecified atom stereocenters. The van der Waals surface area contributed by atoms with Crippen molar-refractivity contribution in [3.8, 4) is 5.75 Å². The summed E-state index contributed by atoms with van der Waals surface area (Å²) in [6, 6.07) is 11.7. The van der Waals surface area contributed by atoms with Crippen molar-refractivity contribution in [1.29, 1.82) is 0 Å². The van der Waals surface area contributed by atoms with Crippen molar-refractivity contribution < 1.29 is 14.3 Å². The van der Waals surface area contributed by atoms with Gasteiger partial charge in [-0.25, -0.2) is 0 Å². The third-order valence-corrected chi connectivity index (χ3v) is 5.06. The Morgan fingerprint density at radius 1 is 1.07 bits per heavy atom. The smallest absolute Gasteiger partial charge is 0.242 e. The van der Waals surface area contributed by atoms with Crippen molar-refractivity contribution in [3.05, 3.63) is 63.6 Å². The fraction of sp³-hybridized carbons (Fsp3) is 0.364. The SMILES string of the molecule is COc1ccc(CC(=O)N(Cc2ccc(Cl)cc2Cl)[C@H](C)C(=O)NC(C)C)cc1. The molecule has 0 saturated heterocycles. The van der Waals surface area contributed by atoms with Gasteiger partial charge in [-0.2, -0.15) is 0 Å². The molecule has 156 valence electrons. The molecule has 2 rings (SSSR count). The number of hydrogen-bond donors (Lipinski definition) is 1. The van der Waals surface area contributed by atoms with E-state index in [1.807, 2.05) is 26.0 Å². The van der Waals surface area contributed by atoms with Crippen molar-refractivity contribution in [2.75, 3.05) is 7.11 Å². The van der Waals surface area contributed by atoms with E-state index in [4.69, 9.17) is 27.9 Å². The van der Waals surface area contributed by atoms with E-state index in [1.165, 1.54) is 4.90 Å². The van der Waals surface area contributed by atoms with Gasteiger partial charge in [-0.3, -0.25) is 9.59 Å². The molecule has 0 spiro atoms. The minimum absolute atomic E-state index is 0.0254. The number of carbonyl (C=O) groups excluding carboxylic acids is 2. The van der Waals surface area contributed by atoms with Crippen LogP contribution in [-0.4, -0.2) is 35.9 Å². The molecule has 2 amide bonds. The van der Waals surface area contributed by atoms with Crippen LogP contribution in [0.5, 0.6) is 5.75 Å². The van der Waals surface area contributed by atoms with Gasteiger partial charge in [-0.1, -0.05) is 41.4 Å². The number of amides is 2. The Balaban J connectivity index is 2.26. The standard InChI is InChI=1S/C22H26Cl2N2O3/c1-14(2)25-22(28)15(3)26(13-17-7-8-18(23)12-20(17)24)21(27)11-16-5-9-19(29-4)10-6-16/h5-10,12,14-15H,11,13H2,1-4H3,(H,25,28)/t15-/m1/s1. The average Bonchev–Trinajstić information content (AvgIpc) is 2.67. The van der Waals surface area contributed by atoms with E-state index in [9.17, 15) is 9.59 Å². The Hall–Kier alpha value is -2.24. The molecule has 0 saturated carbocycles. The van der Waals surface area contributed by atoms with Crippen LogP contribution in [0.4, 0.5) is 0 Å². The van der Waals surface area contributed by atoms with Crippen LogP contribution >= 0.6 is 23.2 Å². The summed E-state index contributed by atoms with van der Waals surface area (Å²) in [5.41, 5.74) is 1.56. The van der Waals surface area contributed by atoms with Gasteiger partial charge in [0.05, 0.1) is 13.5 Å². The van der Waals surface area contributed by atoms with E-state index in [0.29, 0.717) is 10.0 Å². The lowest BCUT2D eigenvalue weighted by molar-refractivity contribution is -0.140. The molecule has 0 aliphatic heterocycles. The number of carbonyl (C=O) groups is 2. The van der Waals surface area contributed by atoms with Crippen LogP contribution < -0.4 is 10.1 Å². The average molecular weight is 437 g/mol. The van der Waals surface area contributed by atoms with Crippen LogP contribution in [0.15, 0.2) is 42.5 Å². The van der Waals surface area contributed by atoms with Crippen molar-refractivity contribution in [1.82, 2.24) is 10.2 Å². The summed E-state index contributed by atoms with van der Waals surface area (Å²) in [6.07, 6.45) is 0.161. The molecule has 0 radical (unpaired) electrons. The van der Waals surface area contributed by atoms with E-state index in [2.05, 4.69) is 5.32 Å². The van der Waals surface area contributed by atoms with E-state index in [0.717, 1.165) is 16.9 Å². The van der Waals surface area contributed by atoms with Crippen LogP contribution in [-0.2, 0) is 22.6 Å². The first kappa shape index (κ1) is 23.0. The van der Waals surface area contributed by atoms with E-state index in [-0.39, 0.29) is 30.8 Å². The fourth-order valence-electron chi connectivity index (χ4n) is 2.84. The summed E-state index contributed by atoms with van der Waals surface area (Å²) in [4.78, 5) is 27.3. The topological polar surface area (TPSA) is 58.6 Å². The van der Waals surface area contributed by atoms with Gasteiger partial charge in [-0.05, 0) is 56.2 Å². The van der Waals surface area contributed by atoms with Gasteiger partial charge in [0, 0.05) is 22.6 Å². The van der Waals surface area contributed by atoms with Gasteiger partial charge in [0.15, 0.2) is 0 Å². The van der Waals surface area contributed by atoms with Crippen molar-refractivity contribution in [2.24, 2.45) is 0 Å². The molecule has 0 bridgehead atoms. The normalized spacial score (nSPS) is 11.8. The minimum Gasteiger partial charge on any atom is -0.497 e. The molecule has 7 heteroatoms. The summed E-state index contributed by atoms with van der Waals surface area (Å²) < 4.78 is 5.16. The maximum atomic E-state index is 13.1. The zero-order valence-corrected chi connectivity index (χ0v) is 18.6. The van der Waals surface area contributed by atoms with Crippen molar-refractivity contribution in [2.45, 2.75) is 45.8 Å². The highest BCUT2D eigenvalue weighted by Crippen LogP contribution is 2.24. The fourth-order valence-corrected chi connectivity index (χ4v) is 3.31. The molecule has 0 aliphatic carbocycles. The van der Waals surface area contributed by atoms with E-state index < -0.39 is 6.04 Å². The molecule has 0 aromatic heterocycles. The molecule has 2 aromatic rings. The Bertz CT molecular complexity index is 854. The molecule has 1 atom stereocenters. The van der Waals surface area contributed by atoms with Gasteiger partial charge < -0.3 is 15.0 Å². The monoisotopic (exact) mass is 436 g/mol. The second-order valence-corrected chi connectivity index (χ2v) is 7.97. The third-order valence-electron chi connectivity index (χ3n) is 4.47. The van der Waals surface area contributed by atoms with Gasteiger partial charge in [0.1, 0.15) is 11.8 Å². The molecule has 0 fully saturated rings. The summed E-state index contributed by atoms with van der Waals surface area (Å²) in [6.45, 7) is 5.68. The Morgan fingerprint density at radius 3 is 2.28 bits per heavy atom. The van der Waals surface area contributed by atoms with Crippen molar-refractivity contribution in [3.63, 3.8) is 0 Å². The Morgan fingerprint density at radius 2 is 1.72 bits per heavy atom. The molecule has 29 heavy (non-hydrogen) atoms. The number of hydrogen-bond acceptors (Lipinski definition) is 3. The maximum Gasteiger partial charge on any atom is 0.242 e. The lowest BCUT2D eigenvalue weighted by atomic mass is 10.1. The largest absolute Gasteiger partial charge is 0.497 e. The number of benzene rings is 2. The maximum absolute atomic E-state index is 13.1. The predicted molar refractivity (Wildman–Crippen MR) is 116 cm³/mol. The van der Waals surface area contributed by atoms with Gasteiger partial charge in [-0.15, -0.1) is 0 Å². The van der Waals surface area contributed by atoms with Crippen LogP contribution in [0, 0.1) is 0 Å². The molecule has 1 N–H and O–H groups in total. The van der Waals surface area contributed by atoms with E-state index >= 15 is 0 Å². The summed E-state index contributed by atoms with van der Waals surface area (Å²) in [7, 11) is 1.59. The number of methoxy groups -OCH3 is 1. The molecule has 5 nitrogen and oxygen atoms in total. The second-order valence-electron chi connectivity index (χ2n) is 7.12. The molecular formula is C22H26Cl2N2O3. The summed E-state index contributed by atoms with van der Waals surface area (Å²) in [5, 5.41) is 3.83. The molecule has 0 heterocycles. The number of nitrogens with zero attached hydrogens (tertiary/aromatic N) is 1. The van der Waals surface area contributed by atoms with Crippen molar-refractivity contribution >= 4 is 35.0 Å². The first-order valence-electron chi connectivity index (χ1n) is 9.38. The third kappa shape index (κ3) is 6.65. The Kier molecular flexibility index (Phi) is 8.35. The number of halogens is 2. The van der Waals surface area contributed by atoms with Crippen LogP contribution in [0.3, 0.4) is 0 Å². The quantitative estimate of drug-likeness (QED) is 0.662. The number of nitrogens with one attached hydrogen (secondary N) is 1. The van der Waals surface area contributed by atoms with E-state index in [1.54, 1.807) is 44.4 Å². The summed E-state index contributed by atoms with van der Waals surface area (Å²) in [5.74, 6) is 0.330. The lowest BCUT2D eigenvalue weighted by Gasteiger charge is -2.30. The molecule has 2 aromatic carbocycles. The Labute approximate surface area is 181 Å². The van der Waals surface area contributed by atoms with Gasteiger partial charge >= 0.3 is 0 Å². The van der Waals surface area contributed by atoms with Crippen LogP contribution in [0.25, 0.3) is 0 Å². The zero-order chi connectivity index (χ0) is 21.6. The highest BCUT2D eigenvalue weighted by molar-refractivity contribution is 6.35. The minimum atomic E-state index is -0.658. The van der Waals surface area contributed by atoms with Gasteiger partial charge in [0.2, 0.25) is 11.8 Å². The summed E-state index contributed by atoms with van der Waals surface area (Å²) >= 11 is 12.3. The first-order chi connectivity index (χ1) is 13.7. The zero-order valence-electron chi connectivity index (χ0n) is 17.0. The predicted octanol–water partition coefficient (Wildman–Crippen LogP) is 4.49. The number of rotatable bonds is 8. The number of ether oxygens (including phenoxy) is 1. The highest BCUT2D eigenvalue weighted by atomic mass is 35.5.